The largest absolute Gasteiger partial charge is 0.382 e. The number of anilines is 1. The first-order chi connectivity index (χ1) is 6.77. The van der Waals surface area contributed by atoms with Crippen molar-refractivity contribution in [2.45, 2.75) is 13.1 Å². The Bertz CT molecular complexity index is 513. The molecular weight excluding hydrogens is 178 g/mol. The van der Waals surface area contributed by atoms with E-state index in [1.807, 2.05) is 13.2 Å². The van der Waals surface area contributed by atoms with Crippen molar-refractivity contribution in [3.63, 3.8) is 0 Å². The quantitative estimate of drug-likeness (QED) is 0.619. The first kappa shape index (κ1) is 7.75. The highest BCUT2D eigenvalue weighted by Crippen LogP contribution is 2.27. The van der Waals surface area contributed by atoms with Gasteiger partial charge in [-0.05, 0) is 11.1 Å². The molecular formula is C9H11N5. The molecule has 3 heterocycles. The van der Waals surface area contributed by atoms with Crippen LogP contribution in [-0.2, 0) is 20.1 Å². The maximum Gasteiger partial charge on any atom is 0.160 e. The third-order valence-corrected chi connectivity index (χ3v) is 2.69. The summed E-state index contributed by atoms with van der Waals surface area (Å²) in [5, 5.41) is 8.46. The number of nitrogens with zero attached hydrogens (tertiary/aromatic N) is 3. The molecule has 0 aromatic carbocycles. The van der Waals surface area contributed by atoms with Crippen molar-refractivity contribution in [1.82, 2.24) is 20.1 Å². The highest BCUT2D eigenvalue weighted by Gasteiger charge is 2.18. The van der Waals surface area contributed by atoms with Gasteiger partial charge >= 0.3 is 0 Å². The summed E-state index contributed by atoms with van der Waals surface area (Å²) in [5.41, 5.74) is 9.20. The Hall–Kier alpha value is -1.62. The van der Waals surface area contributed by atoms with Crippen molar-refractivity contribution >= 4 is 16.9 Å². The number of rotatable bonds is 0. The van der Waals surface area contributed by atoms with Crippen LogP contribution in [0.1, 0.15) is 11.1 Å². The van der Waals surface area contributed by atoms with Gasteiger partial charge in [0, 0.05) is 26.3 Å². The standard InChI is InChI=1S/C9H11N5/c1-14-9-7(8(10)13-14)6-4-11-2-5(6)3-12-9/h3,11H,2,4H2,1H3,(H2,10,13). The number of nitrogens with two attached hydrogens (primary N) is 1. The van der Waals surface area contributed by atoms with Gasteiger partial charge in [-0.3, -0.25) is 0 Å². The summed E-state index contributed by atoms with van der Waals surface area (Å²) in [6.45, 7) is 1.75. The van der Waals surface area contributed by atoms with E-state index in [2.05, 4.69) is 15.4 Å². The molecule has 1 aliphatic rings. The fourth-order valence-corrected chi connectivity index (χ4v) is 2.03. The van der Waals surface area contributed by atoms with Gasteiger partial charge in [0.25, 0.3) is 0 Å². The summed E-state index contributed by atoms with van der Waals surface area (Å²) in [5.74, 6) is 0.579. The Morgan fingerprint density at radius 1 is 1.50 bits per heavy atom. The van der Waals surface area contributed by atoms with Crippen LogP contribution in [0, 0.1) is 0 Å². The number of fused-ring (bicyclic) bond motifs is 3. The molecule has 2 aromatic rings. The molecule has 0 radical (unpaired) electrons. The Morgan fingerprint density at radius 2 is 2.36 bits per heavy atom. The van der Waals surface area contributed by atoms with Crippen LogP contribution in [0.2, 0.25) is 0 Å². The third-order valence-electron chi connectivity index (χ3n) is 2.69. The highest BCUT2D eigenvalue weighted by molar-refractivity contribution is 5.90. The molecule has 0 spiro atoms. The van der Waals surface area contributed by atoms with Crippen LogP contribution in [0.15, 0.2) is 6.20 Å². The minimum atomic E-state index is 0.579. The summed E-state index contributed by atoms with van der Waals surface area (Å²) in [4.78, 5) is 4.35. The fraction of sp³-hybridized carbons (Fsp3) is 0.333. The van der Waals surface area contributed by atoms with Crippen LogP contribution in [0.25, 0.3) is 11.0 Å². The smallest absolute Gasteiger partial charge is 0.160 e. The molecule has 1 aliphatic heterocycles. The van der Waals surface area contributed by atoms with Crippen molar-refractivity contribution in [2.75, 3.05) is 5.73 Å². The maximum absolute atomic E-state index is 5.85. The van der Waals surface area contributed by atoms with Gasteiger partial charge in [-0.15, -0.1) is 0 Å². The van der Waals surface area contributed by atoms with Gasteiger partial charge < -0.3 is 11.1 Å². The first-order valence-corrected chi connectivity index (χ1v) is 4.57. The van der Waals surface area contributed by atoms with Crippen LogP contribution in [0.3, 0.4) is 0 Å². The van der Waals surface area contributed by atoms with Crippen LogP contribution in [-0.4, -0.2) is 14.8 Å². The number of hydrogen-bond acceptors (Lipinski definition) is 4. The van der Waals surface area contributed by atoms with Crippen LogP contribution in [0.4, 0.5) is 5.82 Å². The molecule has 0 atom stereocenters. The number of pyridine rings is 1. The lowest BCUT2D eigenvalue weighted by atomic mass is 10.1. The fourth-order valence-electron chi connectivity index (χ4n) is 2.03. The second-order valence-electron chi connectivity index (χ2n) is 3.57. The molecule has 0 saturated carbocycles. The zero-order valence-corrected chi connectivity index (χ0v) is 7.91. The Balaban J connectivity index is 2.48. The second-order valence-corrected chi connectivity index (χ2v) is 3.57. The number of nitrogens with one attached hydrogen (secondary N) is 1. The molecule has 3 N–H and O–H groups in total. The van der Waals surface area contributed by atoms with Gasteiger partial charge in [-0.2, -0.15) is 5.10 Å². The third kappa shape index (κ3) is 0.820. The monoisotopic (exact) mass is 189 g/mol. The molecule has 3 rings (SSSR count). The lowest BCUT2D eigenvalue weighted by molar-refractivity contribution is 0.765. The first-order valence-electron chi connectivity index (χ1n) is 4.57. The summed E-state index contributed by atoms with van der Waals surface area (Å²) < 4.78 is 1.73. The van der Waals surface area contributed by atoms with Crippen molar-refractivity contribution < 1.29 is 0 Å². The molecule has 0 bridgehead atoms. The van der Waals surface area contributed by atoms with E-state index < -0.39 is 0 Å². The molecule has 5 heteroatoms. The minimum absolute atomic E-state index is 0.579. The summed E-state index contributed by atoms with van der Waals surface area (Å²) in [6, 6.07) is 0. The van der Waals surface area contributed by atoms with Gasteiger partial charge in [0.1, 0.15) is 0 Å². The zero-order valence-electron chi connectivity index (χ0n) is 7.91. The molecule has 72 valence electrons. The molecule has 2 aromatic heterocycles. The van der Waals surface area contributed by atoms with E-state index in [0.29, 0.717) is 5.82 Å². The van der Waals surface area contributed by atoms with Crippen molar-refractivity contribution in [2.24, 2.45) is 7.05 Å². The predicted octanol–water partition coefficient (Wildman–Crippen LogP) is 0.154. The summed E-state index contributed by atoms with van der Waals surface area (Å²) >= 11 is 0. The number of hydrogen-bond donors (Lipinski definition) is 2. The molecule has 0 amide bonds. The van der Waals surface area contributed by atoms with E-state index in [-0.39, 0.29) is 0 Å². The molecule has 0 unspecified atom stereocenters. The number of aromatic nitrogens is 3. The molecule has 5 nitrogen and oxygen atoms in total. The van der Waals surface area contributed by atoms with E-state index in [4.69, 9.17) is 5.73 Å². The van der Waals surface area contributed by atoms with Crippen molar-refractivity contribution in [3.8, 4) is 0 Å². The minimum Gasteiger partial charge on any atom is -0.382 e. The van der Waals surface area contributed by atoms with Crippen molar-refractivity contribution in [1.29, 1.82) is 0 Å². The van der Waals surface area contributed by atoms with E-state index in [1.54, 1.807) is 4.68 Å². The van der Waals surface area contributed by atoms with Gasteiger partial charge in [0.15, 0.2) is 11.5 Å². The number of aryl methyl sites for hydroxylation is 1. The van der Waals surface area contributed by atoms with E-state index in [1.165, 1.54) is 11.1 Å². The number of nitrogen functional groups attached to an aromatic ring is 1. The lowest BCUT2D eigenvalue weighted by Gasteiger charge is -1.99. The maximum atomic E-state index is 5.85. The predicted molar refractivity (Wildman–Crippen MR) is 53.5 cm³/mol. The normalized spacial score (nSPS) is 14.9. The summed E-state index contributed by atoms with van der Waals surface area (Å²) in [6.07, 6.45) is 1.90. The average molecular weight is 189 g/mol. The van der Waals surface area contributed by atoms with Crippen LogP contribution in [0.5, 0.6) is 0 Å². The van der Waals surface area contributed by atoms with Crippen LogP contribution >= 0.6 is 0 Å². The Kier molecular flexibility index (Phi) is 1.36. The van der Waals surface area contributed by atoms with E-state index in [9.17, 15) is 0 Å². The van der Waals surface area contributed by atoms with Gasteiger partial charge in [-0.25, -0.2) is 9.67 Å². The summed E-state index contributed by atoms with van der Waals surface area (Å²) in [7, 11) is 1.86. The second kappa shape index (κ2) is 2.45. The molecule has 0 saturated heterocycles. The topological polar surface area (TPSA) is 68.8 Å². The van der Waals surface area contributed by atoms with Gasteiger partial charge in [0.2, 0.25) is 0 Å². The molecule has 14 heavy (non-hydrogen) atoms. The van der Waals surface area contributed by atoms with E-state index >= 15 is 0 Å². The SMILES string of the molecule is Cn1nc(N)c2c3c(cnc21)CNC3. The molecule has 0 fully saturated rings. The van der Waals surface area contributed by atoms with Gasteiger partial charge in [0.05, 0.1) is 5.39 Å². The van der Waals surface area contributed by atoms with E-state index in [0.717, 1.165) is 24.1 Å². The highest BCUT2D eigenvalue weighted by atomic mass is 15.3. The van der Waals surface area contributed by atoms with Gasteiger partial charge in [-0.1, -0.05) is 0 Å². The van der Waals surface area contributed by atoms with Crippen molar-refractivity contribution in [3.05, 3.63) is 17.3 Å². The average Bonchev–Trinajstić information content (AvgIpc) is 2.71. The Labute approximate surface area is 80.9 Å². The Morgan fingerprint density at radius 3 is 3.21 bits per heavy atom. The lowest BCUT2D eigenvalue weighted by Crippen LogP contribution is -2.00. The van der Waals surface area contributed by atoms with Crippen LogP contribution < -0.4 is 11.1 Å². The molecule has 0 aliphatic carbocycles. The zero-order chi connectivity index (χ0) is 9.71.